The normalized spacial score (nSPS) is 9.95. The minimum Gasteiger partial charge on any atom is -0.497 e. The molecule has 0 bridgehead atoms. The van der Waals surface area contributed by atoms with Crippen LogP contribution in [-0.2, 0) is 6.61 Å². The Morgan fingerprint density at radius 1 is 0.750 bits per heavy atom. The maximum atomic E-state index is 5.82. The average Bonchev–Trinajstić information content (AvgIpc) is 2.52. The van der Waals surface area contributed by atoms with Crippen molar-refractivity contribution in [2.24, 2.45) is 0 Å². The molecule has 0 amide bonds. The first-order chi connectivity index (χ1) is 9.78. The highest BCUT2D eigenvalue weighted by atomic mass is 16.5. The van der Waals surface area contributed by atoms with E-state index in [9.17, 15) is 0 Å². The van der Waals surface area contributed by atoms with Gasteiger partial charge in [0, 0.05) is 0 Å². The van der Waals surface area contributed by atoms with Crippen LogP contribution in [-0.4, -0.2) is 21.3 Å². The minimum absolute atomic E-state index is 0.431. The molecule has 4 heteroatoms. The second-order valence-corrected chi connectivity index (χ2v) is 4.13. The molecular formula is C16H18O4. The molecule has 0 N–H and O–H groups in total. The fourth-order valence-electron chi connectivity index (χ4n) is 1.84. The lowest BCUT2D eigenvalue weighted by Crippen LogP contribution is -2.00. The summed E-state index contributed by atoms with van der Waals surface area (Å²) in [6, 6.07) is 13.3. The van der Waals surface area contributed by atoms with Gasteiger partial charge in [0.15, 0.2) is 11.5 Å². The zero-order valence-corrected chi connectivity index (χ0v) is 11.9. The van der Waals surface area contributed by atoms with E-state index < -0.39 is 0 Å². The summed E-state index contributed by atoms with van der Waals surface area (Å²) in [5, 5.41) is 0. The molecule has 0 aliphatic carbocycles. The number of para-hydroxylation sites is 1. The van der Waals surface area contributed by atoms with Gasteiger partial charge in [-0.1, -0.05) is 18.2 Å². The van der Waals surface area contributed by atoms with Gasteiger partial charge in [-0.15, -0.1) is 0 Å². The van der Waals surface area contributed by atoms with Crippen LogP contribution >= 0.6 is 0 Å². The van der Waals surface area contributed by atoms with Crippen molar-refractivity contribution < 1.29 is 18.9 Å². The average molecular weight is 274 g/mol. The third kappa shape index (κ3) is 3.15. The van der Waals surface area contributed by atoms with Gasteiger partial charge in [-0.2, -0.15) is 0 Å². The van der Waals surface area contributed by atoms with Gasteiger partial charge < -0.3 is 18.9 Å². The van der Waals surface area contributed by atoms with E-state index in [-0.39, 0.29) is 0 Å². The van der Waals surface area contributed by atoms with Crippen LogP contribution in [0.25, 0.3) is 0 Å². The van der Waals surface area contributed by atoms with Crippen LogP contribution in [0.1, 0.15) is 5.56 Å². The van der Waals surface area contributed by atoms with Gasteiger partial charge in [0.1, 0.15) is 12.4 Å². The van der Waals surface area contributed by atoms with Gasteiger partial charge in [0.05, 0.1) is 21.3 Å². The van der Waals surface area contributed by atoms with E-state index in [1.807, 2.05) is 42.5 Å². The Bertz CT molecular complexity index is 527. The predicted octanol–water partition coefficient (Wildman–Crippen LogP) is 3.29. The molecule has 0 unspecified atom stereocenters. The molecular weight excluding hydrogens is 256 g/mol. The lowest BCUT2D eigenvalue weighted by molar-refractivity contribution is 0.266. The lowest BCUT2D eigenvalue weighted by atomic mass is 10.2. The van der Waals surface area contributed by atoms with Gasteiger partial charge in [-0.25, -0.2) is 0 Å². The molecule has 0 atom stereocenters. The van der Waals surface area contributed by atoms with Crippen molar-refractivity contribution in [3.05, 3.63) is 48.0 Å². The van der Waals surface area contributed by atoms with Crippen molar-refractivity contribution in [2.75, 3.05) is 21.3 Å². The molecule has 0 saturated heterocycles. The second-order valence-electron chi connectivity index (χ2n) is 4.13. The third-order valence-electron chi connectivity index (χ3n) is 2.92. The molecule has 4 nitrogen and oxygen atoms in total. The van der Waals surface area contributed by atoms with E-state index in [1.54, 1.807) is 21.3 Å². The van der Waals surface area contributed by atoms with Crippen LogP contribution in [0, 0.1) is 0 Å². The SMILES string of the molecule is COc1ccc(COc2c(OC)cccc2OC)cc1. The first-order valence-corrected chi connectivity index (χ1v) is 6.25. The van der Waals surface area contributed by atoms with Crippen LogP contribution in [0.4, 0.5) is 0 Å². The molecule has 20 heavy (non-hydrogen) atoms. The Labute approximate surface area is 118 Å². The molecule has 2 aromatic rings. The van der Waals surface area contributed by atoms with E-state index in [0.29, 0.717) is 23.9 Å². The quantitative estimate of drug-likeness (QED) is 0.810. The van der Waals surface area contributed by atoms with E-state index >= 15 is 0 Å². The predicted molar refractivity (Wildman–Crippen MR) is 76.9 cm³/mol. The smallest absolute Gasteiger partial charge is 0.203 e. The summed E-state index contributed by atoms with van der Waals surface area (Å²) in [5.41, 5.74) is 1.04. The van der Waals surface area contributed by atoms with Crippen LogP contribution in [0.2, 0.25) is 0 Å². The standard InChI is InChI=1S/C16H18O4/c1-17-13-9-7-12(8-10-13)11-20-16-14(18-2)5-4-6-15(16)19-3/h4-10H,11H2,1-3H3. The molecule has 0 aromatic heterocycles. The third-order valence-corrected chi connectivity index (χ3v) is 2.92. The van der Waals surface area contributed by atoms with Crippen molar-refractivity contribution in [3.8, 4) is 23.0 Å². The van der Waals surface area contributed by atoms with Crippen molar-refractivity contribution >= 4 is 0 Å². The summed E-state index contributed by atoms with van der Waals surface area (Å²) < 4.78 is 21.5. The summed E-state index contributed by atoms with van der Waals surface area (Å²) in [6.45, 7) is 0.431. The molecule has 0 aliphatic heterocycles. The van der Waals surface area contributed by atoms with E-state index in [4.69, 9.17) is 18.9 Å². The van der Waals surface area contributed by atoms with Gasteiger partial charge in [-0.05, 0) is 29.8 Å². The van der Waals surface area contributed by atoms with Crippen molar-refractivity contribution in [1.82, 2.24) is 0 Å². The van der Waals surface area contributed by atoms with Crippen LogP contribution < -0.4 is 18.9 Å². The number of benzene rings is 2. The largest absolute Gasteiger partial charge is 0.497 e. The zero-order valence-electron chi connectivity index (χ0n) is 11.9. The van der Waals surface area contributed by atoms with Crippen LogP contribution in [0.5, 0.6) is 23.0 Å². The summed E-state index contributed by atoms with van der Waals surface area (Å²) in [4.78, 5) is 0. The fourth-order valence-corrected chi connectivity index (χ4v) is 1.84. The summed E-state index contributed by atoms with van der Waals surface area (Å²) in [5.74, 6) is 2.73. The number of hydrogen-bond donors (Lipinski definition) is 0. The zero-order chi connectivity index (χ0) is 14.4. The van der Waals surface area contributed by atoms with E-state index in [0.717, 1.165) is 11.3 Å². The van der Waals surface area contributed by atoms with Crippen molar-refractivity contribution in [2.45, 2.75) is 6.61 Å². The molecule has 0 saturated carbocycles. The molecule has 0 heterocycles. The maximum Gasteiger partial charge on any atom is 0.203 e. The van der Waals surface area contributed by atoms with Crippen LogP contribution in [0.15, 0.2) is 42.5 Å². The van der Waals surface area contributed by atoms with Crippen molar-refractivity contribution in [3.63, 3.8) is 0 Å². The van der Waals surface area contributed by atoms with Gasteiger partial charge in [-0.3, -0.25) is 0 Å². The highest BCUT2D eigenvalue weighted by Gasteiger charge is 2.11. The lowest BCUT2D eigenvalue weighted by Gasteiger charge is -2.14. The summed E-state index contributed by atoms with van der Waals surface area (Å²) in [6.07, 6.45) is 0. The van der Waals surface area contributed by atoms with Crippen LogP contribution in [0.3, 0.4) is 0 Å². The Morgan fingerprint density at radius 3 is 1.85 bits per heavy atom. The topological polar surface area (TPSA) is 36.9 Å². The Balaban J connectivity index is 2.13. The number of ether oxygens (including phenoxy) is 4. The minimum atomic E-state index is 0.431. The first kappa shape index (κ1) is 14.1. The number of methoxy groups -OCH3 is 3. The van der Waals surface area contributed by atoms with E-state index in [1.165, 1.54) is 0 Å². The monoisotopic (exact) mass is 274 g/mol. The van der Waals surface area contributed by atoms with Gasteiger partial charge in [0.25, 0.3) is 0 Å². The first-order valence-electron chi connectivity index (χ1n) is 6.25. The van der Waals surface area contributed by atoms with E-state index in [2.05, 4.69) is 0 Å². The molecule has 0 aliphatic rings. The molecule has 0 spiro atoms. The molecule has 106 valence electrons. The van der Waals surface area contributed by atoms with Crippen molar-refractivity contribution in [1.29, 1.82) is 0 Å². The molecule has 0 radical (unpaired) electrons. The van der Waals surface area contributed by atoms with Gasteiger partial charge >= 0.3 is 0 Å². The summed E-state index contributed by atoms with van der Waals surface area (Å²) in [7, 11) is 4.86. The Kier molecular flexibility index (Phi) is 4.71. The highest BCUT2D eigenvalue weighted by molar-refractivity contribution is 5.51. The second kappa shape index (κ2) is 6.70. The fraction of sp³-hybridized carbons (Fsp3) is 0.250. The Morgan fingerprint density at radius 2 is 1.35 bits per heavy atom. The number of hydrogen-bond acceptors (Lipinski definition) is 4. The molecule has 2 aromatic carbocycles. The highest BCUT2D eigenvalue weighted by Crippen LogP contribution is 2.37. The summed E-state index contributed by atoms with van der Waals surface area (Å²) >= 11 is 0. The maximum absolute atomic E-state index is 5.82. The Hall–Kier alpha value is -2.36. The molecule has 2 rings (SSSR count). The number of rotatable bonds is 6. The molecule has 0 fully saturated rings. The van der Waals surface area contributed by atoms with Gasteiger partial charge in [0.2, 0.25) is 5.75 Å².